The molecule has 5 aromatic rings. The molecule has 4 atom stereocenters. The first-order chi connectivity index (χ1) is 39.8. The van der Waals surface area contributed by atoms with Gasteiger partial charge in [0.25, 0.3) is 11.8 Å². The number of amides is 2. The normalized spacial score (nSPS) is 18.5. The zero-order valence-corrected chi connectivity index (χ0v) is 47.3. The molecule has 81 heavy (non-hydrogen) atoms. The molecule has 5 heterocycles. The number of carbonyl (C=O) groups is 2. The van der Waals surface area contributed by atoms with E-state index in [1.165, 1.54) is 4.90 Å². The molecule has 6 aliphatic rings. The van der Waals surface area contributed by atoms with Crippen LogP contribution in [0.4, 0.5) is 0 Å². The van der Waals surface area contributed by atoms with Crippen molar-refractivity contribution in [1.82, 2.24) is 4.90 Å². The Hall–Kier alpha value is -7.89. The predicted octanol–water partition coefficient (Wildman–Crippen LogP) is 14.8. The lowest BCUT2D eigenvalue weighted by molar-refractivity contribution is 0.0632. The van der Waals surface area contributed by atoms with Gasteiger partial charge < -0.3 is 37.9 Å². The lowest BCUT2D eigenvalue weighted by atomic mass is 9.74. The number of rotatable bonds is 21. The molecule has 0 N–H and O–H groups in total. The molecular formula is C67H72N4O10. The van der Waals surface area contributed by atoms with Crippen molar-refractivity contribution in [2.75, 3.05) is 27.2 Å². The fourth-order valence-corrected chi connectivity index (χ4v) is 13.7. The summed E-state index contributed by atoms with van der Waals surface area (Å²) in [5.41, 5.74) is 10.1. The second-order valence-corrected chi connectivity index (χ2v) is 22.3. The number of nitrogens with zero attached hydrogens (tertiary/aromatic N) is 4. The maximum absolute atomic E-state index is 14.6. The van der Waals surface area contributed by atoms with E-state index < -0.39 is 23.7 Å². The molecule has 0 saturated carbocycles. The summed E-state index contributed by atoms with van der Waals surface area (Å²) in [6.45, 7) is 7.60. The van der Waals surface area contributed by atoms with Crippen molar-refractivity contribution in [3.05, 3.63) is 126 Å². The minimum Gasteiger partial charge on any atom is -0.457 e. The Labute approximate surface area is 475 Å². The molecule has 2 amide bonds. The summed E-state index contributed by atoms with van der Waals surface area (Å²) in [6, 6.07) is 23.4. The van der Waals surface area contributed by atoms with E-state index in [-0.39, 0.29) is 64.8 Å². The summed E-state index contributed by atoms with van der Waals surface area (Å²) < 4.78 is 55.2. The van der Waals surface area contributed by atoms with Gasteiger partial charge in [-0.3, -0.25) is 14.5 Å². The first kappa shape index (κ1) is 55.0. The Morgan fingerprint density at radius 3 is 0.877 bits per heavy atom. The molecule has 11 rings (SSSR count). The van der Waals surface area contributed by atoms with Gasteiger partial charge in [-0.2, -0.15) is 15.8 Å². The van der Waals surface area contributed by atoms with Crippen molar-refractivity contribution in [3.8, 4) is 64.2 Å². The van der Waals surface area contributed by atoms with Crippen LogP contribution in [0.15, 0.2) is 48.5 Å². The van der Waals surface area contributed by atoms with Crippen LogP contribution in [0.25, 0.3) is 0 Å². The molecule has 4 unspecified atom stereocenters. The molecule has 1 aliphatic carbocycles. The number of ether oxygens (including phenoxy) is 8. The quantitative estimate of drug-likeness (QED) is 0.0500. The summed E-state index contributed by atoms with van der Waals surface area (Å²) in [4.78, 5) is 30.5. The highest BCUT2D eigenvalue weighted by Crippen LogP contribution is 2.59. The summed E-state index contributed by atoms with van der Waals surface area (Å²) in [5.74, 6) is 1.78. The number of hydrogen-bond donors (Lipinski definition) is 0. The first-order valence-electron chi connectivity index (χ1n) is 29.7. The lowest BCUT2D eigenvalue weighted by Gasteiger charge is -2.37. The molecule has 5 aliphatic heterocycles. The molecule has 5 aromatic carbocycles. The number of hydrogen-bond acceptors (Lipinski definition) is 13. The molecular weight excluding hydrogens is 1020 g/mol. The van der Waals surface area contributed by atoms with E-state index in [4.69, 9.17) is 37.9 Å². The highest BCUT2D eigenvalue weighted by molar-refractivity contribution is 6.21. The number of nitriles is 3. The standard InChI is InChI=1S/C67H72N4O10/c1-5-9-13-19-40-49-31-50-41(20-14-10-6-2)52-33-54-43(22-16-12-8-4)56-34-55-42(21-15-11-7-3)53-32-51(40)60-47(26-29-69)62(53)78-38-80-64(55)57(35-71-66(72)44-23-17-18-24-45(44)67(71)73)65(56)81-39-79-63(54)48(27-30-70)61(52)77-37-75-59(50)46(25-28-68)58(49)74-36-76-60/h17-18,23-24,31-34,40-43H,5-16,19-22,25-27,35-39H2,1-4H3. The molecule has 14 nitrogen and oxygen atoms in total. The van der Waals surface area contributed by atoms with Crippen molar-refractivity contribution in [1.29, 1.82) is 15.8 Å². The molecule has 8 bridgehead atoms. The third-order valence-corrected chi connectivity index (χ3v) is 17.5. The van der Waals surface area contributed by atoms with Crippen molar-refractivity contribution in [3.63, 3.8) is 0 Å². The van der Waals surface area contributed by atoms with Crippen molar-refractivity contribution in [2.24, 2.45) is 0 Å². The molecule has 0 radical (unpaired) electrons. The zero-order chi connectivity index (χ0) is 56.1. The van der Waals surface area contributed by atoms with Gasteiger partial charge in [0.1, 0.15) is 46.0 Å². The van der Waals surface area contributed by atoms with E-state index >= 15 is 0 Å². The smallest absolute Gasteiger partial charge is 0.261 e. The second-order valence-electron chi connectivity index (χ2n) is 22.3. The maximum Gasteiger partial charge on any atom is 0.261 e. The third-order valence-electron chi connectivity index (χ3n) is 17.5. The SMILES string of the molecule is CCCCCC1c2cc3c4c(CC#N)c2OCOc2c1cc1c(c2CC#N)OCOc2c(cc5c(c2CN2C(=O)c6ccccc6C2=O)OCOc2c(cc(c(c2CC#N)OCO4)C3CCCCC)C5CCCCC)C1CCCCC. The largest absolute Gasteiger partial charge is 0.457 e. The number of unbranched alkanes of at least 4 members (excludes halogenated alkanes) is 8. The highest BCUT2D eigenvalue weighted by Gasteiger charge is 2.43. The van der Waals surface area contributed by atoms with Crippen LogP contribution < -0.4 is 37.9 Å². The van der Waals surface area contributed by atoms with Crippen molar-refractivity contribution >= 4 is 11.8 Å². The summed E-state index contributed by atoms with van der Waals surface area (Å²) in [7, 11) is 0. The van der Waals surface area contributed by atoms with Crippen LogP contribution in [0.2, 0.25) is 0 Å². The van der Waals surface area contributed by atoms with Crippen molar-refractivity contribution in [2.45, 2.75) is 180 Å². The Morgan fingerprint density at radius 1 is 0.395 bits per heavy atom. The average molecular weight is 1090 g/mol. The second kappa shape index (κ2) is 24.5. The topological polar surface area (TPSA) is 183 Å². The van der Waals surface area contributed by atoms with Crippen LogP contribution in [-0.2, 0) is 25.8 Å². The first-order valence-corrected chi connectivity index (χ1v) is 29.7. The zero-order valence-electron chi connectivity index (χ0n) is 47.3. The molecule has 0 fully saturated rings. The van der Waals surface area contributed by atoms with Gasteiger partial charge in [-0.1, -0.05) is 117 Å². The van der Waals surface area contributed by atoms with Crippen molar-refractivity contribution < 1.29 is 47.5 Å². The minimum atomic E-state index is -0.411. The van der Waals surface area contributed by atoms with Gasteiger partial charge >= 0.3 is 0 Å². The van der Waals surface area contributed by atoms with Crippen LogP contribution in [0.1, 0.15) is 242 Å². The number of imide groups is 1. The fraction of sp³-hybridized carbons (Fsp3) is 0.478. The Balaban J connectivity index is 1.32. The van der Waals surface area contributed by atoms with Crippen LogP contribution in [0, 0.1) is 34.0 Å². The van der Waals surface area contributed by atoms with E-state index in [0.717, 1.165) is 122 Å². The summed E-state index contributed by atoms with van der Waals surface area (Å²) in [6.07, 6.45) is 13.8. The van der Waals surface area contributed by atoms with Crippen LogP contribution in [-0.4, -0.2) is 43.9 Å². The molecule has 14 heteroatoms. The van der Waals surface area contributed by atoms with Crippen LogP contribution >= 0.6 is 0 Å². The van der Waals surface area contributed by atoms with Gasteiger partial charge in [0.2, 0.25) is 27.2 Å². The van der Waals surface area contributed by atoms with Gasteiger partial charge in [-0.05, 0) is 62.1 Å². The maximum atomic E-state index is 14.6. The Morgan fingerprint density at radius 2 is 0.642 bits per heavy atom. The molecule has 0 aromatic heterocycles. The van der Waals surface area contributed by atoms with Gasteiger partial charge in [0.15, 0.2) is 0 Å². The average Bonchev–Trinajstić information content (AvgIpc) is 3.88. The third kappa shape index (κ3) is 10.0. The van der Waals surface area contributed by atoms with Crippen LogP contribution in [0.5, 0.6) is 46.0 Å². The minimum absolute atomic E-state index is 0.00769. The molecule has 0 saturated heterocycles. The van der Waals surface area contributed by atoms with Gasteiger partial charge in [0, 0.05) is 68.2 Å². The van der Waals surface area contributed by atoms with E-state index in [2.05, 4.69) is 70.2 Å². The monoisotopic (exact) mass is 1090 g/mol. The van der Waals surface area contributed by atoms with E-state index in [9.17, 15) is 25.4 Å². The van der Waals surface area contributed by atoms with Gasteiger partial charge in [-0.25, -0.2) is 0 Å². The van der Waals surface area contributed by atoms with E-state index in [0.29, 0.717) is 105 Å². The lowest BCUT2D eigenvalue weighted by Crippen LogP contribution is -2.31. The number of benzene rings is 5. The van der Waals surface area contributed by atoms with E-state index in [1.807, 2.05) is 0 Å². The summed E-state index contributed by atoms with van der Waals surface area (Å²) >= 11 is 0. The van der Waals surface area contributed by atoms with Gasteiger partial charge in [-0.15, -0.1) is 0 Å². The Kier molecular flexibility index (Phi) is 16.6. The van der Waals surface area contributed by atoms with Gasteiger partial charge in [0.05, 0.1) is 77.4 Å². The number of fused-ring (bicyclic) bond motifs is 1. The Bertz CT molecular complexity index is 3180. The molecule has 0 spiro atoms. The predicted molar refractivity (Wildman–Crippen MR) is 303 cm³/mol. The number of carbonyl (C=O) groups excluding carboxylic acids is 2. The summed E-state index contributed by atoms with van der Waals surface area (Å²) in [5, 5.41) is 32.5. The van der Waals surface area contributed by atoms with Crippen LogP contribution in [0.3, 0.4) is 0 Å². The fourth-order valence-electron chi connectivity index (χ4n) is 13.7. The molecule has 420 valence electrons. The van der Waals surface area contributed by atoms with E-state index in [1.54, 1.807) is 24.3 Å². The highest BCUT2D eigenvalue weighted by atomic mass is 16.7.